The van der Waals surface area contributed by atoms with Gasteiger partial charge in [0.25, 0.3) is 5.95 Å². The highest BCUT2D eigenvalue weighted by atomic mass is 16.5. The van der Waals surface area contributed by atoms with Crippen LogP contribution >= 0.6 is 0 Å². The van der Waals surface area contributed by atoms with E-state index in [4.69, 9.17) is 9.47 Å². The number of rotatable bonds is 7. The zero-order valence-corrected chi connectivity index (χ0v) is 19.9. The molecule has 0 fully saturated rings. The van der Waals surface area contributed by atoms with Gasteiger partial charge in [0.1, 0.15) is 17.3 Å². The minimum atomic E-state index is -0.137. The highest BCUT2D eigenvalue weighted by Crippen LogP contribution is 2.40. The van der Waals surface area contributed by atoms with Crippen molar-refractivity contribution in [1.82, 2.24) is 25.0 Å². The van der Waals surface area contributed by atoms with Crippen LogP contribution in [0.3, 0.4) is 0 Å². The van der Waals surface area contributed by atoms with Gasteiger partial charge in [0.15, 0.2) is 0 Å². The number of aryl methyl sites for hydroxylation is 1. The number of carbonyl (C=O) groups excluding carboxylic acids is 1. The standard InChI is InChI=1S/C26H26N6O3/c1-4-12-35-19-10-8-17(9-11-19)21-14-23(33)29-25-24(21)16(2)31-32(25)26-28-22(15-27-30-26)18-6-5-7-20(13-18)34-3/h5-11,13,15,21H,4,12,14H2,1-3H3,(H,29,33)/t21-/m0/s1. The predicted molar refractivity (Wildman–Crippen MR) is 131 cm³/mol. The Bertz CT molecular complexity index is 1370. The molecule has 0 saturated carbocycles. The summed E-state index contributed by atoms with van der Waals surface area (Å²) in [7, 11) is 1.62. The van der Waals surface area contributed by atoms with E-state index in [2.05, 4.69) is 32.5 Å². The molecule has 1 amide bonds. The number of amides is 1. The molecule has 1 aliphatic heterocycles. The monoisotopic (exact) mass is 470 g/mol. The number of benzene rings is 2. The molecule has 178 valence electrons. The van der Waals surface area contributed by atoms with Gasteiger partial charge in [-0.2, -0.15) is 14.9 Å². The number of anilines is 1. The number of carbonyl (C=O) groups is 1. The van der Waals surface area contributed by atoms with Crippen LogP contribution in [0, 0.1) is 6.92 Å². The number of aromatic nitrogens is 5. The molecule has 2 aromatic carbocycles. The molecule has 35 heavy (non-hydrogen) atoms. The van der Waals surface area contributed by atoms with Gasteiger partial charge < -0.3 is 14.8 Å². The van der Waals surface area contributed by atoms with Crippen molar-refractivity contribution in [2.24, 2.45) is 0 Å². The van der Waals surface area contributed by atoms with Crippen LogP contribution in [0.5, 0.6) is 11.5 Å². The van der Waals surface area contributed by atoms with Crippen molar-refractivity contribution in [1.29, 1.82) is 0 Å². The molecule has 0 spiro atoms. The molecule has 1 aliphatic rings. The van der Waals surface area contributed by atoms with Crippen LogP contribution in [0.1, 0.15) is 42.5 Å². The van der Waals surface area contributed by atoms with E-state index in [0.29, 0.717) is 24.5 Å². The first-order valence-corrected chi connectivity index (χ1v) is 11.5. The number of nitrogens with zero attached hydrogens (tertiary/aromatic N) is 5. The Balaban J connectivity index is 1.53. The lowest BCUT2D eigenvalue weighted by Crippen LogP contribution is -2.25. The second-order valence-corrected chi connectivity index (χ2v) is 8.36. The van der Waals surface area contributed by atoms with Crippen molar-refractivity contribution in [3.8, 4) is 28.7 Å². The lowest BCUT2D eigenvalue weighted by molar-refractivity contribution is -0.116. The quantitative estimate of drug-likeness (QED) is 0.429. The maximum absolute atomic E-state index is 12.7. The number of hydrogen-bond acceptors (Lipinski definition) is 7. The van der Waals surface area contributed by atoms with Crippen molar-refractivity contribution < 1.29 is 14.3 Å². The highest BCUT2D eigenvalue weighted by Gasteiger charge is 2.33. The fourth-order valence-electron chi connectivity index (χ4n) is 4.30. The van der Waals surface area contributed by atoms with E-state index in [0.717, 1.165) is 40.3 Å². The maximum atomic E-state index is 12.7. The summed E-state index contributed by atoms with van der Waals surface area (Å²) in [6, 6.07) is 15.5. The zero-order valence-electron chi connectivity index (χ0n) is 19.9. The minimum absolute atomic E-state index is 0.0909. The van der Waals surface area contributed by atoms with Gasteiger partial charge in [0.2, 0.25) is 5.91 Å². The molecule has 0 saturated heterocycles. The van der Waals surface area contributed by atoms with E-state index < -0.39 is 0 Å². The summed E-state index contributed by atoms with van der Waals surface area (Å²) in [5, 5.41) is 16.0. The molecule has 5 rings (SSSR count). The molecule has 0 radical (unpaired) electrons. The van der Waals surface area contributed by atoms with Crippen LogP contribution in [0.15, 0.2) is 54.7 Å². The van der Waals surface area contributed by atoms with Crippen LogP contribution < -0.4 is 14.8 Å². The third-order valence-corrected chi connectivity index (χ3v) is 5.96. The van der Waals surface area contributed by atoms with Gasteiger partial charge in [-0.3, -0.25) is 4.79 Å². The Hall–Kier alpha value is -4.27. The normalized spacial score (nSPS) is 14.8. The van der Waals surface area contributed by atoms with Gasteiger partial charge >= 0.3 is 0 Å². The lowest BCUT2D eigenvalue weighted by atomic mass is 9.86. The number of ether oxygens (including phenoxy) is 2. The molecule has 1 N–H and O–H groups in total. The van der Waals surface area contributed by atoms with Gasteiger partial charge in [-0.1, -0.05) is 31.2 Å². The average Bonchev–Trinajstić information content (AvgIpc) is 3.23. The van der Waals surface area contributed by atoms with Gasteiger partial charge in [-0.25, -0.2) is 4.98 Å². The molecule has 4 aromatic rings. The van der Waals surface area contributed by atoms with Crippen LogP contribution in [-0.4, -0.2) is 44.6 Å². The van der Waals surface area contributed by atoms with Crippen LogP contribution in [0.4, 0.5) is 5.82 Å². The summed E-state index contributed by atoms with van der Waals surface area (Å²) in [5.41, 5.74) is 4.23. The number of nitrogens with one attached hydrogen (secondary N) is 1. The van der Waals surface area contributed by atoms with E-state index in [1.165, 1.54) is 0 Å². The first kappa shape index (κ1) is 22.5. The lowest BCUT2D eigenvalue weighted by Gasteiger charge is -2.24. The largest absolute Gasteiger partial charge is 0.497 e. The summed E-state index contributed by atoms with van der Waals surface area (Å²) in [4.78, 5) is 17.4. The molecule has 0 bridgehead atoms. The predicted octanol–water partition coefficient (Wildman–Crippen LogP) is 4.30. The summed E-state index contributed by atoms with van der Waals surface area (Å²) >= 11 is 0. The van der Waals surface area contributed by atoms with E-state index in [1.807, 2.05) is 55.5 Å². The first-order chi connectivity index (χ1) is 17.1. The van der Waals surface area contributed by atoms with Crippen LogP contribution in [0.2, 0.25) is 0 Å². The fraction of sp³-hybridized carbons (Fsp3) is 0.269. The molecule has 9 nitrogen and oxygen atoms in total. The Labute approximate surface area is 203 Å². The van der Waals surface area contributed by atoms with E-state index in [1.54, 1.807) is 18.0 Å². The molecule has 0 aliphatic carbocycles. The first-order valence-electron chi connectivity index (χ1n) is 11.5. The van der Waals surface area contributed by atoms with Crippen molar-refractivity contribution in [2.45, 2.75) is 32.6 Å². The SMILES string of the molecule is CCCOc1ccc([C@@H]2CC(=O)Nc3c2c(C)nn3-c2nncc(-c3cccc(OC)c3)n2)cc1. The third-order valence-electron chi connectivity index (χ3n) is 5.96. The maximum Gasteiger partial charge on any atom is 0.272 e. The molecule has 9 heteroatoms. The zero-order chi connectivity index (χ0) is 24.4. The Morgan fingerprint density at radius 3 is 2.74 bits per heavy atom. The molecular formula is C26H26N6O3. The van der Waals surface area contributed by atoms with Crippen LogP contribution in [-0.2, 0) is 4.79 Å². The molecule has 1 atom stereocenters. The fourth-order valence-corrected chi connectivity index (χ4v) is 4.30. The van der Waals surface area contributed by atoms with Gasteiger partial charge in [0.05, 0.1) is 31.3 Å². The van der Waals surface area contributed by atoms with Crippen molar-refractivity contribution in [3.63, 3.8) is 0 Å². The highest BCUT2D eigenvalue weighted by molar-refractivity contribution is 5.95. The molecule has 2 aromatic heterocycles. The number of fused-ring (bicyclic) bond motifs is 1. The number of methoxy groups -OCH3 is 1. The van der Waals surface area contributed by atoms with E-state index in [-0.39, 0.29) is 17.8 Å². The second-order valence-electron chi connectivity index (χ2n) is 8.36. The topological polar surface area (TPSA) is 104 Å². The average molecular weight is 471 g/mol. The van der Waals surface area contributed by atoms with Crippen molar-refractivity contribution >= 4 is 11.7 Å². The smallest absolute Gasteiger partial charge is 0.272 e. The van der Waals surface area contributed by atoms with Gasteiger partial charge in [-0.05, 0) is 43.2 Å². The van der Waals surface area contributed by atoms with Gasteiger partial charge in [-0.15, -0.1) is 5.10 Å². The minimum Gasteiger partial charge on any atom is -0.497 e. The third kappa shape index (κ3) is 4.44. The second kappa shape index (κ2) is 9.54. The summed E-state index contributed by atoms with van der Waals surface area (Å²) in [6.07, 6.45) is 2.87. The Morgan fingerprint density at radius 1 is 1.14 bits per heavy atom. The number of hydrogen-bond donors (Lipinski definition) is 1. The van der Waals surface area contributed by atoms with E-state index >= 15 is 0 Å². The summed E-state index contributed by atoms with van der Waals surface area (Å²) in [5.74, 6) is 2.15. The Morgan fingerprint density at radius 2 is 1.97 bits per heavy atom. The van der Waals surface area contributed by atoms with Gasteiger partial charge in [0, 0.05) is 23.5 Å². The van der Waals surface area contributed by atoms with Crippen LogP contribution in [0.25, 0.3) is 17.2 Å². The molecule has 3 heterocycles. The molecule has 0 unspecified atom stereocenters. The van der Waals surface area contributed by atoms with Crippen molar-refractivity contribution in [3.05, 3.63) is 71.5 Å². The Kier molecular flexibility index (Phi) is 6.13. The van der Waals surface area contributed by atoms with E-state index in [9.17, 15) is 4.79 Å². The van der Waals surface area contributed by atoms with Crippen molar-refractivity contribution in [2.75, 3.05) is 19.0 Å². The molecular weight excluding hydrogens is 444 g/mol. The summed E-state index contributed by atoms with van der Waals surface area (Å²) < 4.78 is 12.6. The summed E-state index contributed by atoms with van der Waals surface area (Å²) in [6.45, 7) is 4.67.